The van der Waals surface area contributed by atoms with Crippen LogP contribution in [-0.4, -0.2) is 31.7 Å². The van der Waals surface area contributed by atoms with E-state index >= 15 is 0 Å². The van der Waals surface area contributed by atoms with Crippen molar-refractivity contribution in [3.05, 3.63) is 107 Å². The largest absolute Gasteiger partial charge is 0.497 e. The number of hydrogen-bond acceptors (Lipinski definition) is 5. The monoisotopic (exact) mass is 423 g/mol. The third-order valence-electron chi connectivity index (χ3n) is 5.35. The fourth-order valence-electron chi connectivity index (χ4n) is 3.66. The van der Waals surface area contributed by atoms with Gasteiger partial charge >= 0.3 is 0 Å². The molecule has 3 aromatic carbocycles. The molecule has 0 bridgehead atoms. The first-order valence-corrected chi connectivity index (χ1v) is 10.3. The molecule has 0 saturated heterocycles. The van der Waals surface area contributed by atoms with E-state index in [1.165, 1.54) is 0 Å². The standard InChI is InChI=1S/C25H21N5O2/c1-32-22-10-7-18(8-11-22)14-30-16-21(27-28-30)15-29-17-26-24-12-9-20(13-23(24)25(29)31)19-5-3-2-4-6-19/h2-13,16-17H,14-15H2,1H3. The van der Waals surface area contributed by atoms with Crippen molar-refractivity contribution in [3.8, 4) is 16.9 Å². The Balaban J connectivity index is 1.39. The van der Waals surface area contributed by atoms with E-state index < -0.39 is 0 Å². The summed E-state index contributed by atoms with van der Waals surface area (Å²) in [5, 5.41) is 9.01. The van der Waals surface area contributed by atoms with Crippen molar-refractivity contribution in [1.82, 2.24) is 24.5 Å². The molecule has 2 aromatic heterocycles. The van der Waals surface area contributed by atoms with Gasteiger partial charge in [-0.3, -0.25) is 9.36 Å². The van der Waals surface area contributed by atoms with Gasteiger partial charge in [0.2, 0.25) is 0 Å². The number of hydrogen-bond donors (Lipinski definition) is 0. The van der Waals surface area contributed by atoms with Gasteiger partial charge in [-0.05, 0) is 41.0 Å². The van der Waals surface area contributed by atoms with Crippen LogP contribution in [-0.2, 0) is 13.1 Å². The minimum Gasteiger partial charge on any atom is -0.497 e. The molecular formula is C25H21N5O2. The number of methoxy groups -OCH3 is 1. The number of aromatic nitrogens is 5. The maximum Gasteiger partial charge on any atom is 0.261 e. The lowest BCUT2D eigenvalue weighted by Crippen LogP contribution is -2.21. The molecule has 0 atom stereocenters. The van der Waals surface area contributed by atoms with Crippen LogP contribution in [0.2, 0.25) is 0 Å². The first kappa shape index (κ1) is 19.7. The Morgan fingerprint density at radius 1 is 0.906 bits per heavy atom. The van der Waals surface area contributed by atoms with Crippen molar-refractivity contribution < 1.29 is 4.74 Å². The van der Waals surface area contributed by atoms with Gasteiger partial charge in [-0.2, -0.15) is 0 Å². The van der Waals surface area contributed by atoms with Gasteiger partial charge in [0, 0.05) is 0 Å². The highest BCUT2D eigenvalue weighted by Gasteiger charge is 2.09. The van der Waals surface area contributed by atoms with Crippen molar-refractivity contribution in [2.24, 2.45) is 0 Å². The molecular weight excluding hydrogens is 402 g/mol. The van der Waals surface area contributed by atoms with Crippen LogP contribution in [0.4, 0.5) is 0 Å². The summed E-state index contributed by atoms with van der Waals surface area (Å²) in [6.45, 7) is 0.891. The number of nitrogens with zero attached hydrogens (tertiary/aromatic N) is 5. The minimum absolute atomic E-state index is 0.0996. The minimum atomic E-state index is -0.0996. The summed E-state index contributed by atoms with van der Waals surface area (Å²) in [5.41, 5.74) is 4.40. The molecule has 0 radical (unpaired) electrons. The first-order valence-electron chi connectivity index (χ1n) is 10.3. The zero-order chi connectivity index (χ0) is 21.9. The normalized spacial score (nSPS) is 11.0. The predicted molar refractivity (Wildman–Crippen MR) is 123 cm³/mol. The fraction of sp³-hybridized carbons (Fsp3) is 0.120. The molecule has 7 heteroatoms. The van der Waals surface area contributed by atoms with E-state index in [0.717, 1.165) is 22.4 Å². The Bertz CT molecular complexity index is 1420. The van der Waals surface area contributed by atoms with Crippen LogP contribution < -0.4 is 10.3 Å². The summed E-state index contributed by atoms with van der Waals surface area (Å²) in [6.07, 6.45) is 3.41. The van der Waals surface area contributed by atoms with E-state index in [1.54, 1.807) is 22.7 Å². The van der Waals surface area contributed by atoms with Gasteiger partial charge in [0.25, 0.3) is 5.56 Å². The lowest BCUT2D eigenvalue weighted by Gasteiger charge is -2.07. The number of rotatable bonds is 6. The maximum atomic E-state index is 13.1. The second-order valence-electron chi connectivity index (χ2n) is 7.53. The third kappa shape index (κ3) is 4.00. The third-order valence-corrected chi connectivity index (χ3v) is 5.35. The van der Waals surface area contributed by atoms with Gasteiger partial charge in [-0.25, -0.2) is 9.67 Å². The number of benzene rings is 3. The predicted octanol–water partition coefficient (Wildman–Crippen LogP) is 3.76. The Morgan fingerprint density at radius 2 is 1.72 bits per heavy atom. The van der Waals surface area contributed by atoms with Crippen molar-refractivity contribution in [1.29, 1.82) is 0 Å². The molecule has 0 aliphatic carbocycles. The summed E-state index contributed by atoms with van der Waals surface area (Å²) in [4.78, 5) is 17.6. The molecule has 0 fully saturated rings. The average molecular weight is 423 g/mol. The highest BCUT2D eigenvalue weighted by atomic mass is 16.5. The Morgan fingerprint density at radius 3 is 2.50 bits per heavy atom. The molecule has 0 aliphatic rings. The van der Waals surface area contributed by atoms with Gasteiger partial charge < -0.3 is 4.74 Å². The smallest absolute Gasteiger partial charge is 0.261 e. The van der Waals surface area contributed by atoms with Crippen molar-refractivity contribution >= 4 is 10.9 Å². The number of fused-ring (bicyclic) bond motifs is 1. The molecule has 0 aliphatic heterocycles. The summed E-state index contributed by atoms with van der Waals surface area (Å²) < 4.78 is 8.51. The van der Waals surface area contributed by atoms with Crippen LogP contribution in [0, 0.1) is 0 Å². The van der Waals surface area contributed by atoms with E-state index in [-0.39, 0.29) is 5.56 Å². The van der Waals surface area contributed by atoms with Gasteiger partial charge in [0.1, 0.15) is 11.4 Å². The lowest BCUT2D eigenvalue weighted by atomic mass is 10.0. The Hall–Kier alpha value is -4.26. The van der Waals surface area contributed by atoms with Crippen LogP contribution >= 0.6 is 0 Å². The molecule has 158 valence electrons. The van der Waals surface area contributed by atoms with E-state index in [0.29, 0.717) is 29.7 Å². The van der Waals surface area contributed by atoms with Gasteiger partial charge in [0.05, 0.1) is 43.6 Å². The van der Waals surface area contributed by atoms with E-state index in [4.69, 9.17) is 4.74 Å². The lowest BCUT2D eigenvalue weighted by molar-refractivity contribution is 0.414. The molecule has 5 rings (SSSR count). The van der Waals surface area contributed by atoms with Crippen molar-refractivity contribution in [3.63, 3.8) is 0 Å². The van der Waals surface area contributed by atoms with Crippen molar-refractivity contribution in [2.75, 3.05) is 7.11 Å². The molecule has 0 amide bonds. The molecule has 0 unspecified atom stereocenters. The fourth-order valence-corrected chi connectivity index (χ4v) is 3.66. The van der Waals surface area contributed by atoms with E-state index in [2.05, 4.69) is 15.3 Å². The summed E-state index contributed by atoms with van der Waals surface area (Å²) in [6, 6.07) is 23.6. The topological polar surface area (TPSA) is 74.8 Å². The SMILES string of the molecule is COc1ccc(Cn2cc(Cn3cnc4ccc(-c5ccccc5)cc4c3=O)nn2)cc1. The summed E-state index contributed by atoms with van der Waals surface area (Å²) >= 11 is 0. The number of ether oxygens (including phenoxy) is 1. The molecule has 5 aromatic rings. The molecule has 2 heterocycles. The molecule has 32 heavy (non-hydrogen) atoms. The highest BCUT2D eigenvalue weighted by molar-refractivity contribution is 5.83. The van der Waals surface area contributed by atoms with Crippen LogP contribution in [0.5, 0.6) is 5.75 Å². The maximum absolute atomic E-state index is 13.1. The first-order chi connectivity index (χ1) is 15.7. The second-order valence-corrected chi connectivity index (χ2v) is 7.53. The van der Waals surface area contributed by atoms with Crippen LogP contribution in [0.25, 0.3) is 22.0 Å². The average Bonchev–Trinajstić information content (AvgIpc) is 3.28. The molecule has 0 saturated carbocycles. The van der Waals surface area contributed by atoms with Crippen LogP contribution in [0.1, 0.15) is 11.3 Å². The quantitative estimate of drug-likeness (QED) is 0.416. The molecule has 0 N–H and O–H groups in total. The zero-order valence-electron chi connectivity index (χ0n) is 17.5. The summed E-state index contributed by atoms with van der Waals surface area (Å²) in [7, 11) is 1.64. The van der Waals surface area contributed by atoms with Gasteiger partial charge in [-0.15, -0.1) is 5.10 Å². The van der Waals surface area contributed by atoms with E-state index in [9.17, 15) is 4.79 Å². The molecule has 0 spiro atoms. The van der Waals surface area contributed by atoms with E-state index in [1.807, 2.05) is 79.0 Å². The van der Waals surface area contributed by atoms with Gasteiger partial charge in [-0.1, -0.05) is 53.7 Å². The van der Waals surface area contributed by atoms with Crippen LogP contribution in [0.3, 0.4) is 0 Å². The zero-order valence-corrected chi connectivity index (χ0v) is 17.5. The Labute approximate surface area is 184 Å². The van der Waals surface area contributed by atoms with Gasteiger partial charge in [0.15, 0.2) is 0 Å². The molecule has 7 nitrogen and oxygen atoms in total. The Kier molecular flexibility index (Phi) is 5.21. The highest BCUT2D eigenvalue weighted by Crippen LogP contribution is 2.21. The second kappa shape index (κ2) is 8.47. The summed E-state index contributed by atoms with van der Waals surface area (Å²) in [5.74, 6) is 0.812. The van der Waals surface area contributed by atoms with Crippen LogP contribution in [0.15, 0.2) is 90.1 Å². The van der Waals surface area contributed by atoms with Crippen molar-refractivity contribution in [2.45, 2.75) is 13.1 Å².